The fourth-order valence-electron chi connectivity index (χ4n) is 0. The lowest BCUT2D eigenvalue weighted by Crippen LogP contribution is -1.79. The Bertz CT molecular complexity index is 82.1. The molecule has 26 valence electrons. The Morgan fingerprint density at radius 1 is 2.00 bits per heavy atom. The van der Waals surface area contributed by atoms with Crippen LogP contribution in [0.5, 0.6) is 0 Å². The molecule has 0 N–H and O–H groups in total. The van der Waals surface area contributed by atoms with Gasteiger partial charge >= 0.3 is 6.19 Å². The van der Waals surface area contributed by atoms with Gasteiger partial charge in [-0.25, -0.2) is 0 Å². The molecule has 0 atom stereocenters. The highest BCUT2D eigenvalue weighted by atomic mass is 32.1. The monoisotopic (exact) mass is 88.0 g/mol. The third kappa shape index (κ3) is 3.31. The van der Waals surface area contributed by atoms with Gasteiger partial charge in [0.15, 0.2) is 5.26 Å². The second-order valence-electron chi connectivity index (χ2n) is 0.357. The quantitative estimate of drug-likeness (QED) is 0.177. The molecule has 0 aromatic heterocycles. The summed E-state index contributed by atoms with van der Waals surface area (Å²) in [6.07, 6.45) is 1.12. The molecule has 4 heteroatoms. The lowest BCUT2D eigenvalue weighted by Gasteiger charge is -1.70. The topological polar surface area (TPSA) is 43.9 Å². The van der Waals surface area contributed by atoms with Crippen LogP contribution < -0.4 is 0 Å². The highest BCUT2D eigenvalue weighted by Crippen LogP contribution is 1.48. The molecule has 5 heavy (non-hydrogen) atoms. The van der Waals surface area contributed by atoms with Gasteiger partial charge in [-0.15, -0.1) is 0 Å². The van der Waals surface area contributed by atoms with Crippen molar-refractivity contribution in [2.24, 2.45) is 0 Å². The van der Waals surface area contributed by atoms with E-state index < -0.39 is 0 Å². The Morgan fingerprint density at radius 2 is 2.20 bits per heavy atom. The predicted molar refractivity (Wildman–Crippen MR) is 16.6 cm³/mol. The zero-order chi connectivity index (χ0) is 4.28. The van der Waals surface area contributed by atoms with Gasteiger partial charge in [0.05, 0.1) is 0 Å². The summed E-state index contributed by atoms with van der Waals surface area (Å²) in [6.45, 7) is 0. The van der Waals surface area contributed by atoms with E-state index in [-0.39, 0.29) is 4.17 Å². The smallest absolute Gasteiger partial charge is 0.481 e. The predicted octanol–water partition coefficient (Wildman–Crippen LogP) is -0.292. The normalized spacial score (nSPS) is 5.40. The van der Waals surface area contributed by atoms with Gasteiger partial charge < -0.3 is 12.8 Å². The van der Waals surface area contributed by atoms with Crippen molar-refractivity contribution >= 4 is 12.8 Å². The maximum Gasteiger partial charge on any atom is 0.481 e. The van der Waals surface area contributed by atoms with E-state index in [9.17, 15) is 4.91 Å². The first-order valence-electron chi connectivity index (χ1n) is 0.812. The van der Waals surface area contributed by atoms with Gasteiger partial charge in [0.25, 0.3) is 0 Å². The molecule has 0 aliphatic carbocycles. The molecule has 0 saturated carbocycles. The highest BCUT2D eigenvalue weighted by Gasteiger charge is 1.69. The van der Waals surface area contributed by atoms with Crippen LogP contribution in [0.15, 0.2) is 0 Å². The van der Waals surface area contributed by atoms with Crippen molar-refractivity contribution in [3.8, 4) is 6.19 Å². The summed E-state index contributed by atoms with van der Waals surface area (Å²) in [5, 5.41) is 7.40. The summed E-state index contributed by atoms with van der Waals surface area (Å²) in [4.78, 5) is 9.18. The van der Waals surface area contributed by atoms with Crippen LogP contribution in [0.25, 0.3) is 0 Å². The maximum atomic E-state index is 9.18. The zero-order valence-electron chi connectivity index (χ0n) is 2.21. The first kappa shape index (κ1) is 4.31. The summed E-state index contributed by atoms with van der Waals surface area (Å²) < 4.78 is -0.236. The third-order valence-corrected chi connectivity index (χ3v) is 0.163. The molecule has 3 nitrogen and oxygen atoms in total. The molecular weight excluding hydrogens is 88.1 g/mol. The molecule has 0 heterocycles. The fourth-order valence-corrected chi connectivity index (χ4v) is 0. The van der Waals surface area contributed by atoms with Crippen molar-refractivity contribution in [2.75, 3.05) is 0 Å². The minimum Gasteiger partial charge on any atom is -0.491 e. The van der Waals surface area contributed by atoms with Crippen LogP contribution >= 0.6 is 0 Å². The van der Waals surface area contributed by atoms with Crippen LogP contribution in [0.3, 0.4) is 0 Å². The zero-order valence-corrected chi connectivity index (χ0v) is 3.03. The number of rotatable bonds is 0. The van der Waals surface area contributed by atoms with Crippen molar-refractivity contribution in [1.82, 2.24) is 0 Å². The van der Waals surface area contributed by atoms with Crippen LogP contribution in [0.1, 0.15) is 0 Å². The Balaban J connectivity index is 3.35. The van der Waals surface area contributed by atoms with Gasteiger partial charge in [-0.3, -0.25) is 0 Å². The van der Waals surface area contributed by atoms with Crippen LogP contribution in [0.4, 0.5) is 0 Å². The Morgan fingerprint density at radius 3 is 2.20 bits per heavy atom. The van der Waals surface area contributed by atoms with Crippen LogP contribution in [-0.2, 0) is 12.8 Å². The third-order valence-electron chi connectivity index (χ3n) is 0.0816. The molecule has 0 unspecified atom stereocenters. The van der Waals surface area contributed by atoms with Gasteiger partial charge in [-0.2, -0.15) is 0 Å². The molecule has 0 aromatic carbocycles. The Hall–Kier alpha value is -0.690. The summed E-state index contributed by atoms with van der Waals surface area (Å²) in [7, 11) is 0. The van der Waals surface area contributed by atoms with Crippen molar-refractivity contribution in [3.63, 3.8) is 0 Å². The van der Waals surface area contributed by atoms with E-state index in [0.29, 0.717) is 0 Å². The number of nitrogens with zero attached hydrogens (tertiary/aromatic N) is 2. The molecule has 0 aromatic rings. The molecule has 0 spiro atoms. The number of nitriles is 1. The Labute approximate surface area is 34.3 Å². The molecule has 0 radical (unpaired) electrons. The van der Waals surface area contributed by atoms with E-state index in [0.717, 1.165) is 6.19 Å². The first-order valence-corrected chi connectivity index (χ1v) is 1.18. The molecule has 0 rings (SSSR count). The number of hydrogen-bond donors (Lipinski definition) is 0. The van der Waals surface area contributed by atoms with Crippen molar-refractivity contribution in [1.29, 1.82) is 5.26 Å². The number of nitroso groups, excluding NO2 is 1. The largest absolute Gasteiger partial charge is 0.491 e. The molecule has 0 aliphatic rings. The van der Waals surface area contributed by atoms with E-state index in [2.05, 4.69) is 12.8 Å². The second kappa shape index (κ2) is 1.61. The standard InChI is InChI=1S/CN2OS/c2-1-3(4)5. The minimum absolute atomic E-state index is 0.236. The van der Waals surface area contributed by atoms with E-state index in [4.69, 9.17) is 5.26 Å². The van der Waals surface area contributed by atoms with E-state index in [1.54, 1.807) is 0 Å². The maximum absolute atomic E-state index is 9.18. The number of hydrogen-bond acceptors (Lipinski definition) is 3. The SMILES string of the molecule is N#C[N+](=O)[S-]. The van der Waals surface area contributed by atoms with Gasteiger partial charge in [0, 0.05) is 0 Å². The Kier molecular flexibility index (Phi) is 1.39. The molecule has 0 amide bonds. The second-order valence-corrected chi connectivity index (χ2v) is 0.689. The molecule has 0 bridgehead atoms. The van der Waals surface area contributed by atoms with Gasteiger partial charge in [-0.05, 0) is 0 Å². The molecular formula is CN2OS. The molecule has 0 fully saturated rings. The van der Waals surface area contributed by atoms with Crippen LogP contribution in [-0.4, -0.2) is 4.17 Å². The lowest BCUT2D eigenvalue weighted by atomic mass is 11.5. The van der Waals surface area contributed by atoms with Crippen LogP contribution in [0, 0.1) is 16.4 Å². The van der Waals surface area contributed by atoms with Crippen molar-refractivity contribution in [3.05, 3.63) is 4.91 Å². The van der Waals surface area contributed by atoms with Gasteiger partial charge in [-0.1, -0.05) is 9.07 Å². The highest BCUT2D eigenvalue weighted by molar-refractivity contribution is 7.51. The average molecular weight is 88.1 g/mol. The fraction of sp³-hybridized carbons (Fsp3) is 0. The first-order chi connectivity index (χ1) is 2.27. The molecule has 0 saturated heterocycles. The minimum atomic E-state index is -0.236. The van der Waals surface area contributed by atoms with E-state index in [1.807, 2.05) is 0 Å². The molecule has 0 aliphatic heterocycles. The van der Waals surface area contributed by atoms with Crippen molar-refractivity contribution < 1.29 is 4.17 Å². The van der Waals surface area contributed by atoms with Crippen molar-refractivity contribution in [2.45, 2.75) is 0 Å². The summed E-state index contributed by atoms with van der Waals surface area (Å²) in [5.41, 5.74) is 0. The lowest BCUT2D eigenvalue weighted by molar-refractivity contribution is -0.260. The van der Waals surface area contributed by atoms with E-state index >= 15 is 0 Å². The summed E-state index contributed by atoms with van der Waals surface area (Å²) in [6, 6.07) is 0. The van der Waals surface area contributed by atoms with Gasteiger partial charge in [0.1, 0.15) is 0 Å². The van der Waals surface area contributed by atoms with E-state index in [1.165, 1.54) is 0 Å². The van der Waals surface area contributed by atoms with Crippen LogP contribution in [0.2, 0.25) is 0 Å². The van der Waals surface area contributed by atoms with Gasteiger partial charge in [0.2, 0.25) is 0 Å². The summed E-state index contributed by atoms with van der Waals surface area (Å²) >= 11 is 3.70. The average Bonchev–Trinajstić information content (AvgIpc) is 1.38. The summed E-state index contributed by atoms with van der Waals surface area (Å²) in [5.74, 6) is 0.